The molecule has 1 saturated carbocycles. The zero-order valence-electron chi connectivity index (χ0n) is 15.1. The summed E-state index contributed by atoms with van der Waals surface area (Å²) in [6, 6.07) is 9.17. The van der Waals surface area contributed by atoms with E-state index < -0.39 is 11.5 Å². The zero-order valence-corrected chi connectivity index (χ0v) is 15.9. The smallest absolute Gasteiger partial charge is 0.266 e. The maximum Gasteiger partial charge on any atom is 0.266 e. The molecule has 0 saturated heterocycles. The van der Waals surface area contributed by atoms with Gasteiger partial charge in [-0.15, -0.1) is 0 Å². The highest BCUT2D eigenvalue weighted by atomic mass is 32.2. The summed E-state index contributed by atoms with van der Waals surface area (Å²) < 4.78 is 1.30. The number of benzene rings is 1. The van der Waals surface area contributed by atoms with Crippen molar-refractivity contribution in [1.29, 1.82) is 0 Å². The van der Waals surface area contributed by atoms with Crippen LogP contribution in [0.2, 0.25) is 0 Å². The Morgan fingerprint density at radius 2 is 1.93 bits per heavy atom. The summed E-state index contributed by atoms with van der Waals surface area (Å²) in [5.41, 5.74) is 0.116. The molecule has 0 bridgehead atoms. The van der Waals surface area contributed by atoms with E-state index in [1.807, 2.05) is 6.07 Å². The maximum atomic E-state index is 12.5. The molecule has 1 heterocycles. The van der Waals surface area contributed by atoms with Crippen LogP contribution in [-0.2, 0) is 11.8 Å². The number of nitrogens with one attached hydrogen (secondary N) is 2. The molecule has 7 nitrogen and oxygen atoms in total. The van der Waals surface area contributed by atoms with Crippen molar-refractivity contribution in [2.75, 3.05) is 11.1 Å². The lowest BCUT2D eigenvalue weighted by molar-refractivity contribution is -0.119. The van der Waals surface area contributed by atoms with Gasteiger partial charge in [0.15, 0.2) is 5.16 Å². The van der Waals surface area contributed by atoms with Crippen LogP contribution in [0.4, 0.5) is 5.69 Å². The van der Waals surface area contributed by atoms with Gasteiger partial charge in [0.05, 0.1) is 5.75 Å². The van der Waals surface area contributed by atoms with Gasteiger partial charge >= 0.3 is 0 Å². The SMILES string of the molecule is Cn1c(SCC(=O)NC2CCCC2)ncc(C(=O)Nc2ccccc2)c1=O. The van der Waals surface area contributed by atoms with Crippen LogP contribution >= 0.6 is 11.8 Å². The Morgan fingerprint density at radius 1 is 1.22 bits per heavy atom. The molecule has 142 valence electrons. The number of para-hydroxylation sites is 1. The van der Waals surface area contributed by atoms with E-state index in [9.17, 15) is 14.4 Å². The van der Waals surface area contributed by atoms with Crippen LogP contribution in [0.1, 0.15) is 36.0 Å². The summed E-state index contributed by atoms with van der Waals surface area (Å²) in [5.74, 6) is -0.385. The predicted octanol–water partition coefficient (Wildman–Crippen LogP) is 2.18. The van der Waals surface area contributed by atoms with Crippen LogP contribution in [0.15, 0.2) is 46.5 Å². The molecule has 0 aliphatic heterocycles. The number of aromatic nitrogens is 2. The maximum absolute atomic E-state index is 12.5. The molecule has 2 aromatic rings. The van der Waals surface area contributed by atoms with Crippen LogP contribution in [-0.4, -0.2) is 33.2 Å². The van der Waals surface area contributed by atoms with Gasteiger partial charge in [0.1, 0.15) is 5.56 Å². The molecule has 0 unspecified atom stereocenters. The highest BCUT2D eigenvalue weighted by Crippen LogP contribution is 2.18. The van der Waals surface area contributed by atoms with Gasteiger partial charge in [0, 0.05) is 25.0 Å². The van der Waals surface area contributed by atoms with Crippen LogP contribution in [0.5, 0.6) is 0 Å². The molecular weight excluding hydrogens is 364 g/mol. The van der Waals surface area contributed by atoms with Crippen LogP contribution in [0.25, 0.3) is 0 Å². The van der Waals surface area contributed by atoms with Crippen molar-refractivity contribution in [2.24, 2.45) is 7.05 Å². The third kappa shape index (κ3) is 4.97. The molecule has 1 aliphatic rings. The first-order chi connectivity index (χ1) is 13.0. The Morgan fingerprint density at radius 3 is 2.63 bits per heavy atom. The number of amides is 2. The molecule has 0 atom stereocenters. The summed E-state index contributed by atoms with van der Waals surface area (Å²) >= 11 is 1.19. The highest BCUT2D eigenvalue weighted by molar-refractivity contribution is 7.99. The summed E-state index contributed by atoms with van der Waals surface area (Å²) in [4.78, 5) is 41.0. The van der Waals surface area contributed by atoms with Gasteiger partial charge < -0.3 is 10.6 Å². The van der Waals surface area contributed by atoms with E-state index >= 15 is 0 Å². The van der Waals surface area contributed by atoms with Crippen molar-refractivity contribution >= 4 is 29.3 Å². The average molecular weight is 386 g/mol. The Kier molecular flexibility index (Phi) is 6.28. The summed E-state index contributed by atoms with van der Waals surface area (Å²) in [6.07, 6.45) is 5.62. The molecule has 2 N–H and O–H groups in total. The highest BCUT2D eigenvalue weighted by Gasteiger charge is 2.19. The van der Waals surface area contributed by atoms with Gasteiger partial charge in [-0.05, 0) is 25.0 Å². The fourth-order valence-electron chi connectivity index (χ4n) is 3.01. The summed E-state index contributed by atoms with van der Waals surface area (Å²) in [5, 5.41) is 6.07. The lowest BCUT2D eigenvalue weighted by atomic mass is 10.2. The summed E-state index contributed by atoms with van der Waals surface area (Å²) in [7, 11) is 1.55. The van der Waals surface area contributed by atoms with Crippen molar-refractivity contribution in [1.82, 2.24) is 14.9 Å². The molecule has 1 aromatic carbocycles. The standard InChI is InChI=1S/C19H22N4O3S/c1-23-18(26)15(17(25)22-14-7-3-2-4-8-14)11-20-19(23)27-12-16(24)21-13-9-5-6-10-13/h2-4,7-8,11,13H,5-6,9-10,12H2,1H3,(H,21,24)(H,22,25). The lowest BCUT2D eigenvalue weighted by Gasteiger charge is -2.12. The van der Waals surface area contributed by atoms with Gasteiger partial charge in [-0.2, -0.15) is 0 Å². The van der Waals surface area contributed by atoms with Crippen molar-refractivity contribution in [3.63, 3.8) is 0 Å². The second-order valence-corrected chi connectivity index (χ2v) is 7.42. The molecule has 1 aromatic heterocycles. The van der Waals surface area contributed by atoms with E-state index in [2.05, 4.69) is 15.6 Å². The van der Waals surface area contributed by atoms with Crippen LogP contribution in [0.3, 0.4) is 0 Å². The van der Waals surface area contributed by atoms with E-state index in [1.54, 1.807) is 31.3 Å². The minimum atomic E-state index is -0.509. The fourth-order valence-corrected chi connectivity index (χ4v) is 3.76. The molecule has 0 radical (unpaired) electrons. The van der Waals surface area contributed by atoms with Crippen LogP contribution < -0.4 is 16.2 Å². The third-order valence-electron chi connectivity index (χ3n) is 4.45. The molecule has 3 rings (SSSR count). The van der Waals surface area contributed by atoms with Crippen molar-refractivity contribution in [2.45, 2.75) is 36.9 Å². The number of nitrogens with zero attached hydrogens (tertiary/aromatic N) is 2. The van der Waals surface area contributed by atoms with Gasteiger partial charge in [-0.25, -0.2) is 4.98 Å². The molecular formula is C19H22N4O3S. The fraction of sp³-hybridized carbons (Fsp3) is 0.368. The van der Waals surface area contributed by atoms with E-state index in [0.29, 0.717) is 10.8 Å². The van der Waals surface area contributed by atoms with E-state index in [0.717, 1.165) is 25.7 Å². The van der Waals surface area contributed by atoms with E-state index in [4.69, 9.17) is 0 Å². The number of thioether (sulfide) groups is 1. The Hall–Kier alpha value is -2.61. The summed E-state index contributed by atoms with van der Waals surface area (Å²) in [6.45, 7) is 0. The van der Waals surface area contributed by atoms with E-state index in [-0.39, 0.29) is 23.3 Å². The minimum absolute atomic E-state index is 0.0406. The largest absolute Gasteiger partial charge is 0.353 e. The van der Waals surface area contributed by atoms with Crippen molar-refractivity contribution in [3.8, 4) is 0 Å². The monoisotopic (exact) mass is 386 g/mol. The molecule has 8 heteroatoms. The predicted molar refractivity (Wildman–Crippen MR) is 105 cm³/mol. The van der Waals surface area contributed by atoms with Gasteiger partial charge in [-0.1, -0.05) is 42.8 Å². The Balaban J connectivity index is 1.63. The normalized spacial score (nSPS) is 14.1. The molecule has 2 amide bonds. The van der Waals surface area contributed by atoms with Crippen molar-refractivity contribution < 1.29 is 9.59 Å². The number of hydrogen-bond donors (Lipinski definition) is 2. The number of carbonyl (C=O) groups excluding carboxylic acids is 2. The number of anilines is 1. The molecule has 1 fully saturated rings. The first-order valence-corrected chi connectivity index (χ1v) is 9.88. The van der Waals surface area contributed by atoms with Gasteiger partial charge in [0.2, 0.25) is 5.91 Å². The number of carbonyl (C=O) groups is 2. The molecule has 1 aliphatic carbocycles. The topological polar surface area (TPSA) is 93.1 Å². The first-order valence-electron chi connectivity index (χ1n) is 8.89. The molecule has 27 heavy (non-hydrogen) atoms. The van der Waals surface area contributed by atoms with Crippen LogP contribution in [0, 0.1) is 0 Å². The Bertz CT molecular complexity index is 876. The first kappa shape index (κ1) is 19.2. The number of hydrogen-bond acceptors (Lipinski definition) is 5. The second kappa shape index (κ2) is 8.85. The van der Waals surface area contributed by atoms with Crippen molar-refractivity contribution in [3.05, 3.63) is 52.4 Å². The average Bonchev–Trinajstić information content (AvgIpc) is 3.16. The molecule has 0 spiro atoms. The lowest BCUT2D eigenvalue weighted by Crippen LogP contribution is -2.34. The van der Waals surface area contributed by atoms with E-state index in [1.165, 1.54) is 22.5 Å². The van der Waals surface area contributed by atoms with Gasteiger partial charge in [0.25, 0.3) is 11.5 Å². The minimum Gasteiger partial charge on any atom is -0.353 e. The quantitative estimate of drug-likeness (QED) is 0.586. The second-order valence-electron chi connectivity index (χ2n) is 6.48. The zero-order chi connectivity index (χ0) is 19.2. The van der Waals surface area contributed by atoms with Gasteiger partial charge in [-0.3, -0.25) is 19.0 Å². The third-order valence-corrected chi connectivity index (χ3v) is 5.50. The Labute approximate surface area is 161 Å². The number of rotatable bonds is 6.